The van der Waals surface area contributed by atoms with E-state index in [0.717, 1.165) is 31.4 Å². The molecule has 2 aromatic rings. The summed E-state index contributed by atoms with van der Waals surface area (Å²) in [5, 5.41) is 0. The van der Waals surface area contributed by atoms with Crippen molar-refractivity contribution in [3.8, 4) is 5.75 Å². The highest BCUT2D eigenvalue weighted by Gasteiger charge is 2.14. The first-order chi connectivity index (χ1) is 9.02. The van der Waals surface area contributed by atoms with Crippen molar-refractivity contribution in [3.05, 3.63) is 62.0 Å². The molecule has 2 rings (SSSR count). The van der Waals surface area contributed by atoms with Gasteiger partial charge in [0, 0.05) is 8.95 Å². The molecule has 19 heavy (non-hydrogen) atoms. The molecule has 0 aliphatic heterocycles. The van der Waals surface area contributed by atoms with Gasteiger partial charge < -0.3 is 10.5 Å². The number of halogens is 2. The monoisotopic (exact) mass is 383 g/mol. The fraction of sp³-hybridized carbons (Fsp3) is 0.200. The number of aryl methyl sites for hydroxylation is 1. The smallest absolute Gasteiger partial charge is 0.121 e. The van der Waals surface area contributed by atoms with E-state index >= 15 is 0 Å². The average Bonchev–Trinajstić information content (AvgIpc) is 2.40. The van der Waals surface area contributed by atoms with Crippen molar-refractivity contribution in [2.45, 2.75) is 13.0 Å². The quantitative estimate of drug-likeness (QED) is 0.840. The third-order valence-electron chi connectivity index (χ3n) is 3.07. The Morgan fingerprint density at radius 1 is 1.11 bits per heavy atom. The van der Waals surface area contributed by atoms with Gasteiger partial charge in [-0.25, -0.2) is 0 Å². The van der Waals surface area contributed by atoms with Crippen LogP contribution in [0.4, 0.5) is 0 Å². The van der Waals surface area contributed by atoms with Crippen LogP contribution in [0.15, 0.2) is 45.3 Å². The molecule has 1 atom stereocenters. The first-order valence-corrected chi connectivity index (χ1v) is 7.46. The molecule has 0 saturated heterocycles. The molecule has 0 heterocycles. The Kier molecular flexibility index (Phi) is 4.66. The molecule has 0 aliphatic rings. The highest BCUT2D eigenvalue weighted by atomic mass is 79.9. The van der Waals surface area contributed by atoms with Crippen LogP contribution in [0, 0.1) is 6.92 Å². The Hall–Kier alpha value is -0.840. The number of methoxy groups -OCH3 is 1. The first kappa shape index (κ1) is 14.6. The zero-order valence-corrected chi connectivity index (χ0v) is 14.0. The Morgan fingerprint density at radius 2 is 1.84 bits per heavy atom. The van der Waals surface area contributed by atoms with E-state index in [9.17, 15) is 0 Å². The van der Waals surface area contributed by atoms with Crippen LogP contribution in [0.5, 0.6) is 5.75 Å². The molecule has 0 spiro atoms. The van der Waals surface area contributed by atoms with Crippen LogP contribution < -0.4 is 10.5 Å². The summed E-state index contributed by atoms with van der Waals surface area (Å²) in [7, 11) is 1.67. The summed E-state index contributed by atoms with van der Waals surface area (Å²) < 4.78 is 7.30. The van der Waals surface area contributed by atoms with E-state index in [1.54, 1.807) is 7.11 Å². The maximum atomic E-state index is 6.35. The van der Waals surface area contributed by atoms with Gasteiger partial charge in [0.1, 0.15) is 5.75 Å². The average molecular weight is 385 g/mol. The van der Waals surface area contributed by atoms with Crippen molar-refractivity contribution in [1.29, 1.82) is 0 Å². The van der Waals surface area contributed by atoms with E-state index in [0.29, 0.717) is 0 Å². The summed E-state index contributed by atoms with van der Waals surface area (Å²) in [6.45, 7) is 2.02. The molecule has 0 fully saturated rings. The second-order valence-corrected chi connectivity index (χ2v) is 6.14. The largest absolute Gasteiger partial charge is 0.496 e. The van der Waals surface area contributed by atoms with Gasteiger partial charge in [0.2, 0.25) is 0 Å². The van der Waals surface area contributed by atoms with Gasteiger partial charge in [-0.2, -0.15) is 0 Å². The fourth-order valence-corrected chi connectivity index (χ4v) is 2.90. The van der Waals surface area contributed by atoms with Crippen LogP contribution in [-0.4, -0.2) is 7.11 Å². The lowest BCUT2D eigenvalue weighted by molar-refractivity contribution is 0.411. The van der Waals surface area contributed by atoms with Crippen molar-refractivity contribution >= 4 is 31.9 Å². The van der Waals surface area contributed by atoms with Crippen molar-refractivity contribution in [2.75, 3.05) is 7.11 Å². The summed E-state index contributed by atoms with van der Waals surface area (Å²) in [4.78, 5) is 0. The topological polar surface area (TPSA) is 35.2 Å². The van der Waals surface area contributed by atoms with Crippen molar-refractivity contribution in [2.24, 2.45) is 5.73 Å². The molecule has 2 nitrogen and oxygen atoms in total. The maximum Gasteiger partial charge on any atom is 0.121 e. The number of hydrogen-bond donors (Lipinski definition) is 1. The predicted molar refractivity (Wildman–Crippen MR) is 85.6 cm³/mol. The normalized spacial score (nSPS) is 12.3. The number of benzene rings is 2. The van der Waals surface area contributed by atoms with Crippen LogP contribution in [0.2, 0.25) is 0 Å². The SMILES string of the molecule is COc1ccc(C(N)c2cc(Br)ccc2Br)cc1C. The van der Waals surface area contributed by atoms with Gasteiger partial charge in [-0.05, 0) is 47.9 Å². The summed E-state index contributed by atoms with van der Waals surface area (Å²) in [5.41, 5.74) is 9.56. The second-order valence-electron chi connectivity index (χ2n) is 4.37. The zero-order valence-electron chi connectivity index (χ0n) is 10.8. The number of nitrogens with two attached hydrogens (primary N) is 1. The third kappa shape index (κ3) is 3.19. The van der Waals surface area contributed by atoms with Crippen LogP contribution in [-0.2, 0) is 0 Å². The number of ether oxygens (including phenoxy) is 1. The highest BCUT2D eigenvalue weighted by Crippen LogP contribution is 2.31. The lowest BCUT2D eigenvalue weighted by Gasteiger charge is -2.16. The number of rotatable bonds is 3. The molecular weight excluding hydrogens is 370 g/mol. The van der Waals surface area contributed by atoms with E-state index < -0.39 is 0 Å². The molecule has 0 saturated carbocycles. The fourth-order valence-electron chi connectivity index (χ4n) is 2.03. The van der Waals surface area contributed by atoms with Gasteiger partial charge in [-0.15, -0.1) is 0 Å². The molecule has 2 N–H and O–H groups in total. The minimum absolute atomic E-state index is 0.170. The summed E-state index contributed by atoms with van der Waals surface area (Å²) in [6.07, 6.45) is 0. The van der Waals surface area contributed by atoms with E-state index in [1.165, 1.54) is 0 Å². The van der Waals surface area contributed by atoms with E-state index in [2.05, 4.69) is 37.9 Å². The van der Waals surface area contributed by atoms with Crippen LogP contribution in [0.25, 0.3) is 0 Å². The van der Waals surface area contributed by atoms with Crippen molar-refractivity contribution in [3.63, 3.8) is 0 Å². The van der Waals surface area contributed by atoms with E-state index in [4.69, 9.17) is 10.5 Å². The summed E-state index contributed by atoms with van der Waals surface area (Å²) in [6, 6.07) is 11.9. The molecule has 0 amide bonds. The second kappa shape index (κ2) is 6.07. The van der Waals surface area contributed by atoms with Crippen LogP contribution in [0.3, 0.4) is 0 Å². The van der Waals surface area contributed by atoms with Gasteiger partial charge in [-0.1, -0.05) is 44.0 Å². The Balaban J connectivity index is 2.41. The van der Waals surface area contributed by atoms with Crippen LogP contribution >= 0.6 is 31.9 Å². The molecule has 0 radical (unpaired) electrons. The minimum Gasteiger partial charge on any atom is -0.496 e. The van der Waals surface area contributed by atoms with Crippen molar-refractivity contribution < 1.29 is 4.74 Å². The summed E-state index contributed by atoms with van der Waals surface area (Å²) >= 11 is 7.03. The Labute approximate surface area is 130 Å². The van der Waals surface area contributed by atoms with Gasteiger partial charge in [0.05, 0.1) is 13.2 Å². The lowest BCUT2D eigenvalue weighted by atomic mass is 9.98. The molecule has 0 aliphatic carbocycles. The highest BCUT2D eigenvalue weighted by molar-refractivity contribution is 9.11. The van der Waals surface area contributed by atoms with Gasteiger partial charge in [0.15, 0.2) is 0 Å². The standard InChI is InChI=1S/C15H15Br2NO/c1-9-7-10(3-6-14(9)19-2)15(18)12-8-11(16)4-5-13(12)17/h3-8,15H,18H2,1-2H3. The molecule has 4 heteroatoms. The zero-order chi connectivity index (χ0) is 14.0. The Bertz CT molecular complexity index is 599. The molecule has 0 bridgehead atoms. The van der Waals surface area contributed by atoms with Crippen molar-refractivity contribution in [1.82, 2.24) is 0 Å². The Morgan fingerprint density at radius 3 is 2.47 bits per heavy atom. The predicted octanol–water partition coefficient (Wildman–Crippen LogP) is 4.58. The molecule has 1 unspecified atom stereocenters. The summed E-state index contributed by atoms with van der Waals surface area (Å²) in [5.74, 6) is 0.879. The van der Waals surface area contributed by atoms with E-state index in [-0.39, 0.29) is 6.04 Å². The first-order valence-electron chi connectivity index (χ1n) is 5.88. The number of hydrogen-bond acceptors (Lipinski definition) is 2. The van der Waals surface area contributed by atoms with Crippen LogP contribution in [0.1, 0.15) is 22.7 Å². The third-order valence-corrected chi connectivity index (χ3v) is 4.29. The van der Waals surface area contributed by atoms with E-state index in [1.807, 2.05) is 37.3 Å². The molecule has 2 aromatic carbocycles. The minimum atomic E-state index is -0.170. The lowest BCUT2D eigenvalue weighted by Crippen LogP contribution is -2.12. The molecular formula is C15H15Br2NO. The molecule has 0 aromatic heterocycles. The van der Waals surface area contributed by atoms with Gasteiger partial charge >= 0.3 is 0 Å². The molecule has 100 valence electrons. The maximum absolute atomic E-state index is 6.35. The van der Waals surface area contributed by atoms with Gasteiger partial charge in [0.25, 0.3) is 0 Å². The van der Waals surface area contributed by atoms with Gasteiger partial charge in [-0.3, -0.25) is 0 Å².